The van der Waals surface area contributed by atoms with Gasteiger partial charge in [0.15, 0.2) is 0 Å². The molecule has 2 unspecified atom stereocenters. The monoisotopic (exact) mass is 228 g/mol. The number of nitrogens with zero attached hydrogens (tertiary/aromatic N) is 1. The van der Waals surface area contributed by atoms with Crippen LogP contribution in [-0.2, 0) is 24.4 Å². The van der Waals surface area contributed by atoms with Crippen LogP contribution in [0.3, 0.4) is 0 Å². The summed E-state index contributed by atoms with van der Waals surface area (Å²) in [6.07, 6.45) is 6.88. The van der Waals surface area contributed by atoms with Crippen molar-refractivity contribution in [1.82, 2.24) is 9.88 Å². The molecule has 0 saturated heterocycles. The fourth-order valence-electron chi connectivity index (χ4n) is 1.40. The third-order valence-corrected chi connectivity index (χ3v) is 3.20. The smallest absolute Gasteiger partial charge is 0.0246 e. The van der Waals surface area contributed by atoms with Crippen LogP contribution in [0.2, 0.25) is 0 Å². The lowest BCUT2D eigenvalue weighted by atomic mass is 10.2. The number of aromatic nitrogens is 1. The molecule has 0 bridgehead atoms. The summed E-state index contributed by atoms with van der Waals surface area (Å²) >= 11 is 0. The van der Waals surface area contributed by atoms with Gasteiger partial charge in [-0.25, -0.2) is 0 Å². The minimum atomic E-state index is -0.674. The van der Waals surface area contributed by atoms with Gasteiger partial charge in [0.1, 0.15) is 0 Å². The Labute approximate surface area is 94.3 Å². The predicted octanol–water partition coefficient (Wildman–Crippen LogP) is 1.27. The maximum Gasteiger partial charge on any atom is 0.0246 e. The van der Waals surface area contributed by atoms with Crippen LogP contribution in [0.15, 0.2) is 18.5 Å². The zero-order chi connectivity index (χ0) is 11.3. The van der Waals surface area contributed by atoms with E-state index < -0.39 is 10.8 Å². The average Bonchev–Trinajstić information content (AvgIpc) is 2.58. The summed E-state index contributed by atoms with van der Waals surface area (Å²) in [6, 6.07) is 2.53. The molecule has 0 saturated carbocycles. The molecule has 3 nitrogen and oxygen atoms in total. The lowest BCUT2D eigenvalue weighted by Gasteiger charge is -2.11. The van der Waals surface area contributed by atoms with Crippen molar-refractivity contribution in [1.29, 1.82) is 0 Å². The maximum absolute atomic E-state index is 10.9. The second-order valence-electron chi connectivity index (χ2n) is 4.03. The van der Waals surface area contributed by atoms with Crippen molar-refractivity contribution in [2.24, 2.45) is 7.05 Å². The zero-order valence-corrected chi connectivity index (χ0v) is 10.5. The third kappa shape index (κ3) is 5.14. The first-order valence-corrected chi connectivity index (χ1v) is 6.95. The van der Waals surface area contributed by atoms with Crippen LogP contribution in [0.1, 0.15) is 18.9 Å². The fraction of sp³-hybridized carbons (Fsp3) is 0.636. The summed E-state index contributed by atoms with van der Waals surface area (Å²) in [4.78, 5) is 0. The second-order valence-corrected chi connectivity index (χ2v) is 5.59. The van der Waals surface area contributed by atoms with Crippen molar-refractivity contribution in [3.63, 3.8) is 0 Å². The Morgan fingerprint density at radius 2 is 2.33 bits per heavy atom. The Hall–Kier alpha value is -0.610. The topological polar surface area (TPSA) is 34.0 Å². The number of rotatable bonds is 6. The molecule has 0 fully saturated rings. The van der Waals surface area contributed by atoms with E-state index in [1.165, 1.54) is 5.56 Å². The van der Waals surface area contributed by atoms with Crippen LogP contribution in [0.5, 0.6) is 0 Å². The second kappa shape index (κ2) is 6.08. The Bertz CT molecular complexity index is 322. The molecule has 1 N–H and O–H groups in total. The molecular formula is C11H20N2OS. The summed E-state index contributed by atoms with van der Waals surface area (Å²) in [5.74, 6) is 0.781. The summed E-state index contributed by atoms with van der Waals surface area (Å²) in [5.41, 5.74) is 1.29. The fourth-order valence-corrected chi connectivity index (χ4v) is 2.09. The van der Waals surface area contributed by atoms with Gasteiger partial charge in [-0.05, 0) is 25.0 Å². The molecule has 0 amide bonds. The molecule has 4 heteroatoms. The van der Waals surface area contributed by atoms with E-state index in [0.717, 1.165) is 18.7 Å². The van der Waals surface area contributed by atoms with Crippen LogP contribution in [-0.4, -0.2) is 26.8 Å². The first kappa shape index (κ1) is 12.5. The minimum absolute atomic E-state index is 0.425. The molecule has 86 valence electrons. The van der Waals surface area contributed by atoms with E-state index in [9.17, 15) is 4.21 Å². The van der Waals surface area contributed by atoms with E-state index in [4.69, 9.17) is 0 Å². The van der Waals surface area contributed by atoms with Gasteiger partial charge in [-0.1, -0.05) is 0 Å². The Balaban J connectivity index is 2.22. The van der Waals surface area contributed by atoms with Crippen molar-refractivity contribution in [3.8, 4) is 0 Å². The first-order valence-electron chi connectivity index (χ1n) is 5.22. The average molecular weight is 228 g/mol. The van der Waals surface area contributed by atoms with E-state index in [-0.39, 0.29) is 0 Å². The highest BCUT2D eigenvalue weighted by molar-refractivity contribution is 7.84. The van der Waals surface area contributed by atoms with E-state index in [0.29, 0.717) is 6.04 Å². The van der Waals surface area contributed by atoms with Gasteiger partial charge in [0.2, 0.25) is 0 Å². The molecule has 0 aliphatic rings. The van der Waals surface area contributed by atoms with E-state index in [1.54, 1.807) is 6.26 Å². The summed E-state index contributed by atoms with van der Waals surface area (Å²) in [6.45, 7) is 3.02. The molecule has 2 atom stereocenters. The van der Waals surface area contributed by atoms with Crippen molar-refractivity contribution >= 4 is 10.8 Å². The van der Waals surface area contributed by atoms with Crippen molar-refractivity contribution in [2.45, 2.75) is 25.9 Å². The first-order chi connectivity index (χ1) is 7.08. The van der Waals surface area contributed by atoms with Gasteiger partial charge in [0.05, 0.1) is 0 Å². The summed E-state index contributed by atoms with van der Waals surface area (Å²) in [7, 11) is 1.35. The van der Waals surface area contributed by atoms with Crippen LogP contribution in [0.25, 0.3) is 0 Å². The zero-order valence-electron chi connectivity index (χ0n) is 9.69. The molecule has 0 radical (unpaired) electrons. The molecule has 0 aliphatic carbocycles. The minimum Gasteiger partial charge on any atom is -0.357 e. The Kier molecular flexibility index (Phi) is 5.05. The quantitative estimate of drug-likeness (QED) is 0.795. The van der Waals surface area contributed by atoms with E-state index in [1.807, 2.05) is 17.8 Å². The summed E-state index contributed by atoms with van der Waals surface area (Å²) in [5, 5.41) is 3.42. The van der Waals surface area contributed by atoms with Crippen molar-refractivity contribution in [3.05, 3.63) is 24.0 Å². The molecule has 0 aromatic carbocycles. The molecule has 0 aliphatic heterocycles. The highest BCUT2D eigenvalue weighted by Crippen LogP contribution is 2.00. The van der Waals surface area contributed by atoms with Crippen molar-refractivity contribution < 1.29 is 4.21 Å². The maximum atomic E-state index is 10.9. The van der Waals surface area contributed by atoms with E-state index >= 15 is 0 Å². The van der Waals surface area contributed by atoms with Crippen LogP contribution in [0.4, 0.5) is 0 Å². The Morgan fingerprint density at radius 3 is 2.87 bits per heavy atom. The van der Waals surface area contributed by atoms with E-state index in [2.05, 4.69) is 24.5 Å². The lowest BCUT2D eigenvalue weighted by molar-refractivity contribution is 0.534. The normalized spacial score (nSPS) is 15.1. The number of hydrogen-bond donors (Lipinski definition) is 1. The lowest BCUT2D eigenvalue weighted by Crippen LogP contribution is -2.26. The largest absolute Gasteiger partial charge is 0.357 e. The van der Waals surface area contributed by atoms with Crippen molar-refractivity contribution in [2.75, 3.05) is 12.0 Å². The molecule has 15 heavy (non-hydrogen) atoms. The van der Waals surface area contributed by atoms with Crippen LogP contribution in [0, 0.1) is 0 Å². The van der Waals surface area contributed by atoms with Gasteiger partial charge in [-0.2, -0.15) is 0 Å². The number of nitrogens with one attached hydrogen (secondary N) is 1. The number of aryl methyl sites for hydroxylation is 1. The Morgan fingerprint density at radius 1 is 1.60 bits per heavy atom. The SMILES string of the molecule is CC(CCS(C)=O)NCc1ccn(C)c1. The standard InChI is InChI=1S/C11H20N2OS/c1-10(5-7-15(3)14)12-8-11-4-6-13(2)9-11/h4,6,9-10,12H,5,7-8H2,1-3H3. The van der Waals surface area contributed by atoms with Gasteiger partial charge in [-0.3, -0.25) is 4.21 Å². The van der Waals surface area contributed by atoms with Crippen LogP contribution < -0.4 is 5.32 Å². The molecule has 1 aromatic heterocycles. The van der Waals surface area contributed by atoms with Gasteiger partial charge in [-0.15, -0.1) is 0 Å². The number of hydrogen-bond acceptors (Lipinski definition) is 2. The molecular weight excluding hydrogens is 208 g/mol. The molecule has 1 aromatic rings. The molecule has 0 spiro atoms. The predicted molar refractivity (Wildman–Crippen MR) is 65.3 cm³/mol. The van der Waals surface area contributed by atoms with Gasteiger partial charge >= 0.3 is 0 Å². The summed E-state index contributed by atoms with van der Waals surface area (Å²) < 4.78 is 13.0. The highest BCUT2D eigenvalue weighted by atomic mass is 32.2. The third-order valence-electron chi connectivity index (χ3n) is 2.39. The van der Waals surface area contributed by atoms with Gasteiger partial charge in [0.25, 0.3) is 0 Å². The van der Waals surface area contributed by atoms with Gasteiger partial charge < -0.3 is 9.88 Å². The molecule has 1 rings (SSSR count). The van der Waals surface area contributed by atoms with Gasteiger partial charge in [0, 0.05) is 54.8 Å². The molecule has 1 heterocycles. The highest BCUT2D eigenvalue weighted by Gasteiger charge is 2.03. The van der Waals surface area contributed by atoms with Crippen LogP contribution >= 0.6 is 0 Å².